The van der Waals surface area contributed by atoms with E-state index in [1.165, 1.54) is 24.2 Å². The van der Waals surface area contributed by atoms with E-state index in [1.807, 2.05) is 49.3 Å². The first-order valence-electron chi connectivity index (χ1n) is 15.5. The molecule has 0 saturated carbocycles. The van der Waals surface area contributed by atoms with Crippen molar-refractivity contribution in [1.82, 2.24) is 0 Å². The molecule has 4 unspecified atom stereocenters. The van der Waals surface area contributed by atoms with Crippen LogP contribution in [-0.4, -0.2) is 49.7 Å². The van der Waals surface area contributed by atoms with Gasteiger partial charge in [0.15, 0.2) is 23.1 Å². The lowest BCUT2D eigenvalue weighted by Crippen LogP contribution is -2.39. The molecule has 7 rings (SSSR count). The zero-order valence-electron chi connectivity index (χ0n) is 26.4. The maximum atomic E-state index is 14.2. The smallest absolute Gasteiger partial charge is 0.238 e. The van der Waals surface area contributed by atoms with Gasteiger partial charge in [0.1, 0.15) is 0 Å². The monoisotopic (exact) mass is 706 g/mol. The molecule has 242 valence electrons. The summed E-state index contributed by atoms with van der Waals surface area (Å²) in [6, 6.07) is 19.3. The Hall–Kier alpha value is -5.16. The van der Waals surface area contributed by atoms with Gasteiger partial charge in [0.25, 0.3) is 0 Å². The van der Waals surface area contributed by atoms with Crippen LogP contribution in [0, 0.1) is 17.8 Å². The lowest BCUT2D eigenvalue weighted by molar-refractivity contribution is -0.123. The summed E-state index contributed by atoms with van der Waals surface area (Å²) in [5.74, 6) is -3.56. The molecule has 3 aromatic carbocycles. The molecule has 0 spiro atoms. The summed E-state index contributed by atoms with van der Waals surface area (Å²) in [7, 11) is 5.36. The van der Waals surface area contributed by atoms with Crippen LogP contribution in [0.2, 0.25) is 0 Å². The number of nitrogens with zero attached hydrogens (tertiary/aromatic N) is 4. The van der Waals surface area contributed by atoms with Gasteiger partial charge >= 0.3 is 0 Å². The zero-order chi connectivity index (χ0) is 33.9. The van der Waals surface area contributed by atoms with E-state index in [-0.39, 0.29) is 45.8 Å². The highest BCUT2D eigenvalue weighted by molar-refractivity contribution is 9.12. The number of carbonyl (C=O) groups is 4. The fraction of sp³-hybridized carbons (Fsp3) is 0.243. The SMILES string of the molecule is COc1cc(C2C3=CCC4C(=O)N(c5ccc(N=Nc6ccc(N(C)C)cc6)cc5)C(=O)C4C3CC3=C2C(=O)C=C(Br)C3=O)ccc1O. The molecule has 3 aliphatic carbocycles. The van der Waals surface area contributed by atoms with E-state index in [9.17, 15) is 24.3 Å². The molecule has 4 atom stereocenters. The molecule has 11 heteroatoms. The number of halogens is 1. The first-order chi connectivity index (χ1) is 23.1. The van der Waals surface area contributed by atoms with Crippen LogP contribution in [0.1, 0.15) is 24.3 Å². The Kier molecular flexibility index (Phi) is 7.95. The summed E-state index contributed by atoms with van der Waals surface area (Å²) < 4.78 is 5.52. The second-order valence-electron chi connectivity index (χ2n) is 12.5. The first-order valence-corrected chi connectivity index (χ1v) is 16.3. The summed E-state index contributed by atoms with van der Waals surface area (Å²) in [6.07, 6.45) is 3.71. The number of phenols is 1. The Morgan fingerprint density at radius 1 is 0.896 bits per heavy atom. The van der Waals surface area contributed by atoms with Crippen molar-refractivity contribution in [2.24, 2.45) is 28.0 Å². The minimum Gasteiger partial charge on any atom is -0.504 e. The van der Waals surface area contributed by atoms with Gasteiger partial charge in [0.05, 0.1) is 40.5 Å². The van der Waals surface area contributed by atoms with Crippen LogP contribution in [0.25, 0.3) is 0 Å². The number of fused-ring (bicyclic) bond motifs is 3. The second kappa shape index (κ2) is 12.1. The number of imide groups is 1. The number of carbonyl (C=O) groups excluding carboxylic acids is 4. The minimum absolute atomic E-state index is 0.0625. The number of aromatic hydroxyl groups is 1. The molecule has 0 aromatic heterocycles. The van der Waals surface area contributed by atoms with Crippen LogP contribution in [0.4, 0.5) is 22.7 Å². The van der Waals surface area contributed by atoms with Crippen LogP contribution in [0.5, 0.6) is 11.5 Å². The van der Waals surface area contributed by atoms with Crippen molar-refractivity contribution in [3.05, 3.63) is 106 Å². The summed E-state index contributed by atoms with van der Waals surface area (Å²) >= 11 is 3.25. The van der Waals surface area contributed by atoms with E-state index in [4.69, 9.17) is 4.74 Å². The number of Topliss-reactive ketones (excluding diaryl/α,β-unsaturated/α-hetero) is 1. The van der Waals surface area contributed by atoms with E-state index in [0.29, 0.717) is 40.2 Å². The van der Waals surface area contributed by atoms with Crippen molar-refractivity contribution in [3.8, 4) is 11.5 Å². The Morgan fingerprint density at radius 3 is 2.21 bits per heavy atom. The summed E-state index contributed by atoms with van der Waals surface area (Å²) in [6.45, 7) is 0. The van der Waals surface area contributed by atoms with E-state index in [2.05, 4.69) is 26.2 Å². The third kappa shape index (κ3) is 5.18. The van der Waals surface area contributed by atoms with E-state index >= 15 is 0 Å². The fourth-order valence-electron chi connectivity index (χ4n) is 7.32. The van der Waals surface area contributed by atoms with Crippen molar-refractivity contribution in [3.63, 3.8) is 0 Å². The largest absolute Gasteiger partial charge is 0.504 e. The number of rotatable bonds is 6. The molecule has 0 radical (unpaired) electrons. The number of anilines is 2. The molecular formula is C37H31BrN4O6. The number of ketones is 2. The third-order valence-corrected chi connectivity index (χ3v) is 10.2. The molecular weight excluding hydrogens is 676 g/mol. The number of methoxy groups -OCH3 is 1. The van der Waals surface area contributed by atoms with Gasteiger partial charge in [-0.15, -0.1) is 0 Å². The summed E-state index contributed by atoms with van der Waals surface area (Å²) in [5.41, 5.74) is 4.87. The number of phenolic OH excluding ortho intramolecular Hbond substituents is 1. The van der Waals surface area contributed by atoms with Gasteiger partial charge in [-0.25, -0.2) is 0 Å². The predicted octanol–water partition coefficient (Wildman–Crippen LogP) is 6.85. The highest BCUT2D eigenvalue weighted by atomic mass is 79.9. The van der Waals surface area contributed by atoms with Gasteiger partial charge in [0.2, 0.25) is 11.8 Å². The first kappa shape index (κ1) is 31.4. The van der Waals surface area contributed by atoms with Crippen LogP contribution >= 0.6 is 15.9 Å². The Labute approximate surface area is 285 Å². The van der Waals surface area contributed by atoms with Crippen molar-refractivity contribution in [2.45, 2.75) is 18.8 Å². The number of ether oxygens (including phenoxy) is 1. The van der Waals surface area contributed by atoms with Crippen molar-refractivity contribution >= 4 is 62.1 Å². The molecule has 4 aliphatic rings. The molecule has 1 N–H and O–H groups in total. The number of hydrogen-bond acceptors (Lipinski definition) is 9. The summed E-state index contributed by atoms with van der Waals surface area (Å²) in [4.78, 5) is 58.3. The quantitative estimate of drug-likeness (QED) is 0.129. The molecule has 10 nitrogen and oxygen atoms in total. The molecule has 48 heavy (non-hydrogen) atoms. The van der Waals surface area contributed by atoms with Crippen LogP contribution in [-0.2, 0) is 19.2 Å². The second-order valence-corrected chi connectivity index (χ2v) is 13.3. The topological polar surface area (TPSA) is 129 Å². The molecule has 1 saturated heterocycles. The van der Waals surface area contributed by atoms with Gasteiger partial charge in [-0.05, 0) is 101 Å². The Morgan fingerprint density at radius 2 is 1.56 bits per heavy atom. The van der Waals surface area contributed by atoms with Gasteiger partial charge in [-0.1, -0.05) is 17.7 Å². The molecule has 1 fully saturated rings. The Bertz CT molecular complexity index is 2010. The van der Waals surface area contributed by atoms with Gasteiger partial charge in [0, 0.05) is 42.9 Å². The molecule has 3 aromatic rings. The van der Waals surface area contributed by atoms with Gasteiger partial charge < -0.3 is 14.7 Å². The van der Waals surface area contributed by atoms with Gasteiger partial charge in [-0.2, -0.15) is 10.2 Å². The van der Waals surface area contributed by atoms with Crippen molar-refractivity contribution in [2.75, 3.05) is 31.0 Å². The number of benzene rings is 3. The lowest BCUT2D eigenvalue weighted by Gasteiger charge is -2.42. The van der Waals surface area contributed by atoms with E-state index in [0.717, 1.165) is 11.3 Å². The number of azo groups is 1. The average molecular weight is 708 g/mol. The normalized spacial score (nSPS) is 23.5. The van der Waals surface area contributed by atoms with Crippen LogP contribution in [0.3, 0.4) is 0 Å². The predicted molar refractivity (Wildman–Crippen MR) is 183 cm³/mol. The van der Waals surface area contributed by atoms with E-state index < -0.39 is 23.7 Å². The molecule has 2 amide bonds. The minimum atomic E-state index is -0.717. The van der Waals surface area contributed by atoms with Crippen molar-refractivity contribution in [1.29, 1.82) is 0 Å². The Balaban J connectivity index is 1.20. The highest BCUT2D eigenvalue weighted by Gasteiger charge is 2.56. The third-order valence-electron chi connectivity index (χ3n) is 9.62. The maximum absolute atomic E-state index is 14.2. The average Bonchev–Trinajstić information content (AvgIpc) is 3.35. The van der Waals surface area contributed by atoms with Crippen molar-refractivity contribution < 1.29 is 29.0 Å². The molecule has 1 heterocycles. The number of amides is 2. The standard InChI is InChI=1S/C37H31BrN4O6/c1-41(2)22-9-5-20(6-10-22)39-40-21-7-11-23(12-8-21)42-36(46)25-14-13-24-26(33(25)37(42)47)17-27-34(30(44)18-28(38)35(27)45)32(24)19-4-15-29(43)31(16-19)48-3/h4-13,15-16,18,25-26,32-33,43H,14,17H2,1-3H3. The zero-order valence-corrected chi connectivity index (χ0v) is 28.0. The number of hydrogen-bond donors (Lipinski definition) is 1. The highest BCUT2D eigenvalue weighted by Crippen LogP contribution is 2.56. The lowest BCUT2D eigenvalue weighted by atomic mass is 9.59. The maximum Gasteiger partial charge on any atom is 0.238 e. The summed E-state index contributed by atoms with van der Waals surface area (Å²) in [5, 5.41) is 18.9. The fourth-order valence-corrected chi connectivity index (χ4v) is 7.76. The van der Waals surface area contributed by atoms with Crippen LogP contribution < -0.4 is 14.5 Å². The number of allylic oxidation sites excluding steroid dienone is 6. The molecule has 1 aliphatic heterocycles. The van der Waals surface area contributed by atoms with Gasteiger partial charge in [-0.3, -0.25) is 24.1 Å². The van der Waals surface area contributed by atoms with Crippen LogP contribution in [0.15, 0.2) is 110 Å². The molecule has 0 bridgehead atoms. The van der Waals surface area contributed by atoms with E-state index in [1.54, 1.807) is 36.4 Å².